The molecule has 0 aliphatic heterocycles. The van der Waals surface area contributed by atoms with Crippen LogP contribution >= 0.6 is 23.8 Å². The number of benzene rings is 1. The maximum absolute atomic E-state index is 5.96. The molecule has 2 nitrogen and oxygen atoms in total. The number of halogens is 1. The molecule has 0 fully saturated rings. The summed E-state index contributed by atoms with van der Waals surface area (Å²) in [6, 6.07) is 7.59. The van der Waals surface area contributed by atoms with Crippen LogP contribution in [0.4, 0.5) is 5.69 Å². The van der Waals surface area contributed by atoms with E-state index >= 15 is 0 Å². The van der Waals surface area contributed by atoms with E-state index in [1.165, 1.54) is 0 Å². The van der Waals surface area contributed by atoms with Crippen molar-refractivity contribution in [2.24, 2.45) is 11.7 Å². The fourth-order valence-corrected chi connectivity index (χ4v) is 1.25. The van der Waals surface area contributed by atoms with Gasteiger partial charge in [0, 0.05) is 12.5 Å². The number of thiocarbonyl (C=S) groups is 1. The van der Waals surface area contributed by atoms with Crippen LogP contribution in [0.15, 0.2) is 24.3 Å². The number of nitrogens with one attached hydrogen (secondary N) is 1. The van der Waals surface area contributed by atoms with Crippen molar-refractivity contribution in [3.05, 3.63) is 29.3 Å². The predicted octanol–water partition coefficient (Wildman–Crippen LogP) is 2.67. The van der Waals surface area contributed by atoms with Gasteiger partial charge in [-0.2, -0.15) is 0 Å². The summed E-state index contributed by atoms with van der Waals surface area (Å²) in [6.07, 6.45) is 0. The first kappa shape index (κ1) is 11.3. The van der Waals surface area contributed by atoms with Gasteiger partial charge < -0.3 is 11.1 Å². The third kappa shape index (κ3) is 3.16. The van der Waals surface area contributed by atoms with Crippen molar-refractivity contribution < 1.29 is 0 Å². The first-order valence-corrected chi connectivity index (χ1v) is 5.17. The molecule has 0 amide bonds. The molecule has 1 aromatic carbocycles. The number of hydrogen-bond donors (Lipinski definition) is 2. The minimum Gasteiger partial charge on any atom is -0.393 e. The van der Waals surface area contributed by atoms with E-state index in [2.05, 4.69) is 5.32 Å². The van der Waals surface area contributed by atoms with Gasteiger partial charge in [0.15, 0.2) is 0 Å². The Kier molecular flexibility index (Phi) is 4.17. The van der Waals surface area contributed by atoms with Crippen molar-refractivity contribution in [2.75, 3.05) is 11.9 Å². The van der Waals surface area contributed by atoms with Gasteiger partial charge in [-0.1, -0.05) is 42.9 Å². The van der Waals surface area contributed by atoms with Gasteiger partial charge in [0.05, 0.1) is 15.7 Å². The molecule has 0 radical (unpaired) electrons. The van der Waals surface area contributed by atoms with Crippen LogP contribution in [-0.4, -0.2) is 11.5 Å². The zero-order chi connectivity index (χ0) is 10.6. The number of hydrogen-bond acceptors (Lipinski definition) is 2. The van der Waals surface area contributed by atoms with Gasteiger partial charge in [0.25, 0.3) is 0 Å². The number of rotatable bonds is 4. The number of para-hydroxylation sites is 1. The fraction of sp³-hybridized carbons (Fsp3) is 0.300. The third-order valence-electron chi connectivity index (χ3n) is 1.96. The van der Waals surface area contributed by atoms with Crippen molar-refractivity contribution in [3.63, 3.8) is 0 Å². The van der Waals surface area contributed by atoms with Gasteiger partial charge in [-0.3, -0.25) is 0 Å². The lowest BCUT2D eigenvalue weighted by molar-refractivity contribution is 0.821. The van der Waals surface area contributed by atoms with Crippen LogP contribution in [0.2, 0.25) is 5.02 Å². The van der Waals surface area contributed by atoms with Gasteiger partial charge >= 0.3 is 0 Å². The van der Waals surface area contributed by atoms with Crippen LogP contribution in [0.3, 0.4) is 0 Å². The molecular formula is C10H13ClN2S. The van der Waals surface area contributed by atoms with Crippen LogP contribution < -0.4 is 11.1 Å². The van der Waals surface area contributed by atoms with E-state index in [0.29, 0.717) is 16.6 Å². The zero-order valence-electron chi connectivity index (χ0n) is 7.96. The molecule has 0 aliphatic carbocycles. The molecule has 0 spiro atoms. The Balaban J connectivity index is 2.54. The predicted molar refractivity (Wildman–Crippen MR) is 65.9 cm³/mol. The first-order valence-electron chi connectivity index (χ1n) is 4.39. The van der Waals surface area contributed by atoms with Gasteiger partial charge in [-0.15, -0.1) is 0 Å². The summed E-state index contributed by atoms with van der Waals surface area (Å²) >= 11 is 10.8. The standard InChI is InChI=1S/C10H13ClN2S/c1-7(10(12)14)6-13-9-5-3-2-4-8(9)11/h2-5,7,13H,6H2,1H3,(H2,12,14). The quantitative estimate of drug-likeness (QED) is 0.779. The lowest BCUT2D eigenvalue weighted by atomic mass is 10.2. The Bertz CT molecular complexity index is 328. The SMILES string of the molecule is CC(CNc1ccccc1Cl)C(N)=S. The molecule has 0 heterocycles. The van der Waals surface area contributed by atoms with E-state index in [-0.39, 0.29) is 5.92 Å². The second-order valence-electron chi connectivity index (χ2n) is 3.16. The number of nitrogens with two attached hydrogens (primary N) is 1. The molecule has 0 aromatic heterocycles. The van der Waals surface area contributed by atoms with Crippen LogP contribution in [0.5, 0.6) is 0 Å². The molecular weight excluding hydrogens is 216 g/mol. The van der Waals surface area contributed by atoms with Crippen LogP contribution in [0.25, 0.3) is 0 Å². The molecule has 0 saturated carbocycles. The summed E-state index contributed by atoms with van der Waals surface area (Å²) < 4.78 is 0. The molecule has 0 bridgehead atoms. The average Bonchev–Trinajstić information content (AvgIpc) is 2.16. The highest BCUT2D eigenvalue weighted by Crippen LogP contribution is 2.20. The van der Waals surface area contributed by atoms with E-state index in [1.807, 2.05) is 31.2 Å². The molecule has 0 aliphatic rings. The van der Waals surface area contributed by atoms with Crippen molar-refractivity contribution in [2.45, 2.75) is 6.92 Å². The summed E-state index contributed by atoms with van der Waals surface area (Å²) in [6.45, 7) is 2.69. The summed E-state index contributed by atoms with van der Waals surface area (Å²) in [5, 5.41) is 3.91. The smallest absolute Gasteiger partial charge is 0.0773 e. The highest BCUT2D eigenvalue weighted by Gasteiger charge is 2.05. The van der Waals surface area contributed by atoms with Gasteiger partial charge in [-0.25, -0.2) is 0 Å². The van der Waals surface area contributed by atoms with E-state index < -0.39 is 0 Å². The maximum Gasteiger partial charge on any atom is 0.0773 e. The molecule has 3 N–H and O–H groups in total. The van der Waals surface area contributed by atoms with E-state index in [1.54, 1.807) is 0 Å². The summed E-state index contributed by atoms with van der Waals surface area (Å²) in [4.78, 5) is 0.518. The Morgan fingerprint density at radius 3 is 2.79 bits per heavy atom. The Hall–Kier alpha value is -0.800. The molecule has 1 aromatic rings. The lowest BCUT2D eigenvalue weighted by Gasteiger charge is -2.12. The first-order chi connectivity index (χ1) is 6.61. The zero-order valence-corrected chi connectivity index (χ0v) is 9.53. The summed E-state index contributed by atoms with van der Waals surface area (Å²) in [5.74, 6) is 0.168. The van der Waals surface area contributed by atoms with Crippen molar-refractivity contribution >= 4 is 34.5 Å². The van der Waals surface area contributed by atoms with Gasteiger partial charge in [0.1, 0.15) is 0 Å². The van der Waals surface area contributed by atoms with Crippen LogP contribution in [0.1, 0.15) is 6.92 Å². The van der Waals surface area contributed by atoms with Crippen LogP contribution in [-0.2, 0) is 0 Å². The molecule has 1 rings (SSSR count). The van der Waals surface area contributed by atoms with E-state index in [0.717, 1.165) is 5.69 Å². The number of anilines is 1. The van der Waals surface area contributed by atoms with E-state index in [9.17, 15) is 0 Å². The molecule has 0 saturated heterocycles. The Labute approximate surface area is 94.4 Å². The molecule has 1 unspecified atom stereocenters. The minimum absolute atomic E-state index is 0.168. The topological polar surface area (TPSA) is 38.0 Å². The minimum atomic E-state index is 0.168. The highest BCUT2D eigenvalue weighted by molar-refractivity contribution is 7.80. The maximum atomic E-state index is 5.96. The average molecular weight is 229 g/mol. The largest absolute Gasteiger partial charge is 0.393 e. The summed E-state index contributed by atoms with van der Waals surface area (Å²) in [7, 11) is 0. The van der Waals surface area contributed by atoms with Crippen molar-refractivity contribution in [1.29, 1.82) is 0 Å². The Morgan fingerprint density at radius 1 is 1.57 bits per heavy atom. The second-order valence-corrected chi connectivity index (χ2v) is 4.04. The Morgan fingerprint density at radius 2 is 2.21 bits per heavy atom. The highest BCUT2D eigenvalue weighted by atomic mass is 35.5. The second kappa shape index (κ2) is 5.17. The third-order valence-corrected chi connectivity index (χ3v) is 2.69. The molecule has 4 heteroatoms. The van der Waals surface area contributed by atoms with Gasteiger partial charge in [-0.05, 0) is 12.1 Å². The normalized spacial score (nSPS) is 12.1. The van der Waals surface area contributed by atoms with Crippen molar-refractivity contribution in [1.82, 2.24) is 0 Å². The van der Waals surface area contributed by atoms with Gasteiger partial charge in [0.2, 0.25) is 0 Å². The summed E-state index contributed by atoms with van der Waals surface area (Å²) in [5.41, 5.74) is 6.41. The molecule has 14 heavy (non-hydrogen) atoms. The van der Waals surface area contributed by atoms with E-state index in [4.69, 9.17) is 29.6 Å². The monoisotopic (exact) mass is 228 g/mol. The van der Waals surface area contributed by atoms with Crippen LogP contribution in [0, 0.1) is 5.92 Å². The lowest BCUT2D eigenvalue weighted by Crippen LogP contribution is -2.25. The molecule has 1 atom stereocenters. The fourth-order valence-electron chi connectivity index (χ4n) is 0.968. The van der Waals surface area contributed by atoms with Crippen molar-refractivity contribution in [3.8, 4) is 0 Å². The molecule has 76 valence electrons.